The fourth-order valence-corrected chi connectivity index (χ4v) is 3.42. The number of likely N-dealkylation sites (tertiary alicyclic amines) is 1. The van der Waals surface area contributed by atoms with Crippen LogP contribution in [-0.4, -0.2) is 40.5 Å². The lowest BCUT2D eigenvalue weighted by molar-refractivity contribution is -0.135. The Hall–Kier alpha value is -2.55. The summed E-state index contributed by atoms with van der Waals surface area (Å²) < 4.78 is 41.5. The molecule has 144 valence electrons. The number of H-pyrrole nitrogens is 1. The summed E-state index contributed by atoms with van der Waals surface area (Å²) >= 11 is 5.79. The maximum Gasteiger partial charge on any atom is 0.275 e. The molecule has 1 aliphatic rings. The first-order valence-corrected chi connectivity index (χ1v) is 8.41. The molecule has 0 bridgehead atoms. The molecule has 2 N–H and O–H groups in total. The van der Waals surface area contributed by atoms with E-state index in [4.69, 9.17) is 11.6 Å². The van der Waals surface area contributed by atoms with E-state index >= 15 is 0 Å². The predicted molar refractivity (Wildman–Crippen MR) is 92.1 cm³/mol. The highest BCUT2D eigenvalue weighted by molar-refractivity contribution is 6.29. The second kappa shape index (κ2) is 6.88. The maximum absolute atomic E-state index is 13.9. The van der Waals surface area contributed by atoms with Crippen molar-refractivity contribution in [3.8, 4) is 0 Å². The second-order valence-electron chi connectivity index (χ2n) is 6.49. The van der Waals surface area contributed by atoms with Crippen LogP contribution in [0.15, 0.2) is 24.3 Å². The van der Waals surface area contributed by atoms with E-state index in [-0.39, 0.29) is 17.4 Å². The van der Waals surface area contributed by atoms with Crippen LogP contribution in [0.25, 0.3) is 0 Å². The second-order valence-corrected chi connectivity index (χ2v) is 6.88. The molecule has 0 unspecified atom stereocenters. The highest BCUT2D eigenvalue weighted by atomic mass is 35.5. The van der Waals surface area contributed by atoms with Gasteiger partial charge < -0.3 is 10.2 Å². The van der Waals surface area contributed by atoms with Crippen LogP contribution in [0.1, 0.15) is 24.1 Å². The van der Waals surface area contributed by atoms with Gasteiger partial charge in [-0.3, -0.25) is 14.7 Å². The lowest BCUT2D eigenvalue weighted by Crippen LogP contribution is -2.33. The first-order chi connectivity index (χ1) is 12.6. The number of halogens is 4. The van der Waals surface area contributed by atoms with Crippen LogP contribution >= 0.6 is 11.6 Å². The van der Waals surface area contributed by atoms with E-state index in [0.29, 0.717) is 12.6 Å². The SMILES string of the molecule is CN1C[C@H](c2cc(Cl)n[nH]2)[C@@H](C(=O)Nc2cccc(F)c2C(C)(F)F)C1=O. The lowest BCUT2D eigenvalue weighted by Gasteiger charge is -2.20. The zero-order valence-corrected chi connectivity index (χ0v) is 15.1. The minimum atomic E-state index is -3.51. The van der Waals surface area contributed by atoms with Gasteiger partial charge in [-0.2, -0.15) is 5.10 Å². The van der Waals surface area contributed by atoms with E-state index in [0.717, 1.165) is 6.07 Å². The van der Waals surface area contributed by atoms with Gasteiger partial charge in [0, 0.05) is 32.1 Å². The maximum atomic E-state index is 13.9. The van der Waals surface area contributed by atoms with Gasteiger partial charge in [-0.05, 0) is 18.2 Å². The van der Waals surface area contributed by atoms with Crippen LogP contribution in [0.3, 0.4) is 0 Å². The van der Waals surface area contributed by atoms with Crippen molar-refractivity contribution in [2.75, 3.05) is 18.9 Å². The zero-order valence-electron chi connectivity index (χ0n) is 14.4. The van der Waals surface area contributed by atoms with E-state index in [1.165, 1.54) is 30.1 Å². The number of benzene rings is 1. The summed E-state index contributed by atoms with van der Waals surface area (Å²) in [5.74, 6) is -7.73. The van der Waals surface area contributed by atoms with Crippen molar-refractivity contribution in [3.05, 3.63) is 46.5 Å². The average molecular weight is 401 g/mol. The van der Waals surface area contributed by atoms with Gasteiger partial charge in [-0.15, -0.1) is 0 Å². The summed E-state index contributed by atoms with van der Waals surface area (Å²) in [6.07, 6.45) is 0. The Morgan fingerprint density at radius 2 is 2.15 bits per heavy atom. The number of rotatable bonds is 4. The molecule has 0 aliphatic carbocycles. The van der Waals surface area contributed by atoms with Gasteiger partial charge in [-0.1, -0.05) is 17.7 Å². The largest absolute Gasteiger partial charge is 0.344 e. The van der Waals surface area contributed by atoms with Crippen LogP contribution in [0.4, 0.5) is 18.9 Å². The molecular weight excluding hydrogens is 385 g/mol. The summed E-state index contributed by atoms with van der Waals surface area (Å²) in [6, 6.07) is 4.74. The quantitative estimate of drug-likeness (QED) is 0.774. The average Bonchev–Trinajstić information content (AvgIpc) is 3.10. The number of nitrogens with zero attached hydrogens (tertiary/aromatic N) is 2. The molecule has 10 heteroatoms. The number of aromatic nitrogens is 2. The van der Waals surface area contributed by atoms with Crippen LogP contribution in [0, 0.1) is 11.7 Å². The minimum absolute atomic E-state index is 0.171. The highest BCUT2D eigenvalue weighted by Gasteiger charge is 2.45. The monoisotopic (exact) mass is 400 g/mol. The van der Waals surface area contributed by atoms with Crippen molar-refractivity contribution in [2.24, 2.45) is 5.92 Å². The van der Waals surface area contributed by atoms with Gasteiger partial charge >= 0.3 is 0 Å². The van der Waals surface area contributed by atoms with Crippen molar-refractivity contribution >= 4 is 29.1 Å². The number of carbonyl (C=O) groups excluding carboxylic acids is 2. The number of amides is 2. The van der Waals surface area contributed by atoms with Gasteiger partial charge in [0.25, 0.3) is 5.92 Å². The number of likely N-dealkylation sites (N-methyl/N-ethyl adjacent to an activating group) is 1. The molecule has 2 amide bonds. The van der Waals surface area contributed by atoms with Crippen LogP contribution in [0.5, 0.6) is 0 Å². The van der Waals surface area contributed by atoms with Crippen LogP contribution in [-0.2, 0) is 15.5 Å². The van der Waals surface area contributed by atoms with Crippen LogP contribution in [0.2, 0.25) is 5.15 Å². The molecule has 0 radical (unpaired) electrons. The molecular formula is C17H16ClF3N4O2. The fourth-order valence-electron chi connectivity index (χ4n) is 3.26. The molecule has 1 aliphatic heterocycles. The highest BCUT2D eigenvalue weighted by Crippen LogP contribution is 2.37. The number of aromatic amines is 1. The molecule has 2 atom stereocenters. The van der Waals surface area contributed by atoms with Crippen LogP contribution < -0.4 is 5.32 Å². The standard InChI is InChI=1S/C17H16ClF3N4O2/c1-17(20,21)14-9(19)4-3-5-10(14)22-15(26)13-8(7-25(2)16(13)27)11-6-12(18)24-23-11/h3-6,8,13H,7H2,1-2H3,(H,22,26)(H,23,24)/t8-,13+/m1/s1. The molecule has 0 spiro atoms. The Morgan fingerprint density at radius 1 is 1.44 bits per heavy atom. The van der Waals surface area contributed by atoms with Crippen molar-refractivity contribution in [1.29, 1.82) is 0 Å². The van der Waals surface area contributed by atoms with Crippen molar-refractivity contribution in [3.63, 3.8) is 0 Å². The summed E-state index contributed by atoms with van der Waals surface area (Å²) in [4.78, 5) is 26.6. The Kier molecular flexibility index (Phi) is 4.90. The predicted octanol–water partition coefficient (Wildman–Crippen LogP) is 3.12. The molecule has 27 heavy (non-hydrogen) atoms. The molecule has 3 rings (SSSR count). The minimum Gasteiger partial charge on any atom is -0.344 e. The van der Waals surface area contributed by atoms with E-state index in [2.05, 4.69) is 15.5 Å². The Morgan fingerprint density at radius 3 is 2.74 bits per heavy atom. The number of nitrogens with one attached hydrogen (secondary N) is 2. The lowest BCUT2D eigenvalue weighted by atomic mass is 9.91. The fraction of sp³-hybridized carbons (Fsp3) is 0.353. The molecule has 0 saturated carbocycles. The third-order valence-electron chi connectivity index (χ3n) is 4.47. The van der Waals surface area contributed by atoms with Crippen molar-refractivity contribution < 1.29 is 22.8 Å². The summed E-state index contributed by atoms with van der Waals surface area (Å²) in [7, 11) is 1.52. The molecule has 2 heterocycles. The molecule has 1 aromatic carbocycles. The van der Waals surface area contributed by atoms with Gasteiger partial charge in [0.05, 0.1) is 11.3 Å². The summed E-state index contributed by atoms with van der Waals surface area (Å²) in [5.41, 5.74) is -0.840. The Balaban J connectivity index is 1.93. The van der Waals surface area contributed by atoms with Crippen molar-refractivity contribution in [2.45, 2.75) is 18.8 Å². The topological polar surface area (TPSA) is 78.1 Å². The molecule has 1 aromatic heterocycles. The smallest absolute Gasteiger partial charge is 0.275 e. The molecule has 1 saturated heterocycles. The summed E-state index contributed by atoms with van der Waals surface area (Å²) in [6.45, 7) is 0.750. The molecule has 6 nitrogen and oxygen atoms in total. The third kappa shape index (κ3) is 3.64. The van der Waals surface area contributed by atoms with Gasteiger partial charge in [0.1, 0.15) is 11.7 Å². The molecule has 1 fully saturated rings. The Labute approximate surface area is 157 Å². The number of carbonyl (C=O) groups is 2. The van der Waals surface area contributed by atoms with E-state index in [1.54, 1.807) is 0 Å². The Bertz CT molecular complexity index is 897. The van der Waals surface area contributed by atoms with E-state index in [9.17, 15) is 22.8 Å². The zero-order chi connectivity index (χ0) is 19.9. The summed E-state index contributed by atoms with van der Waals surface area (Å²) in [5, 5.41) is 8.89. The number of anilines is 1. The van der Waals surface area contributed by atoms with E-state index < -0.39 is 41.0 Å². The number of hydrogen-bond donors (Lipinski definition) is 2. The first kappa shape index (κ1) is 19.2. The number of hydrogen-bond acceptors (Lipinski definition) is 3. The number of alkyl halides is 2. The first-order valence-electron chi connectivity index (χ1n) is 8.03. The van der Waals surface area contributed by atoms with Gasteiger partial charge in [0.15, 0.2) is 5.15 Å². The van der Waals surface area contributed by atoms with Crippen molar-refractivity contribution in [1.82, 2.24) is 15.1 Å². The van der Waals surface area contributed by atoms with Gasteiger partial charge in [-0.25, -0.2) is 13.2 Å². The van der Waals surface area contributed by atoms with E-state index in [1.807, 2.05) is 0 Å². The third-order valence-corrected chi connectivity index (χ3v) is 4.67. The normalized spacial score (nSPS) is 20.2. The van der Waals surface area contributed by atoms with Gasteiger partial charge in [0.2, 0.25) is 11.8 Å². The molecule has 2 aromatic rings.